The summed E-state index contributed by atoms with van der Waals surface area (Å²) >= 11 is 3.44. The Kier molecular flexibility index (Phi) is 5.15. The van der Waals surface area contributed by atoms with Crippen LogP contribution in [0.3, 0.4) is 0 Å². The summed E-state index contributed by atoms with van der Waals surface area (Å²) in [5.74, 6) is 0. The molecule has 2 N–H and O–H groups in total. The van der Waals surface area contributed by atoms with Gasteiger partial charge in [0, 0.05) is 28.9 Å². The zero-order chi connectivity index (χ0) is 14.5. The summed E-state index contributed by atoms with van der Waals surface area (Å²) in [5, 5.41) is 0. The Morgan fingerprint density at radius 2 is 2.00 bits per heavy atom. The van der Waals surface area contributed by atoms with Crippen LogP contribution in [0.5, 0.6) is 0 Å². The number of nitrogens with zero attached hydrogens (tertiary/aromatic N) is 2. The predicted molar refractivity (Wildman–Crippen MR) is 87.3 cm³/mol. The second-order valence-corrected chi connectivity index (χ2v) is 5.83. The van der Waals surface area contributed by atoms with Crippen LogP contribution in [0.4, 0.5) is 5.69 Å². The number of hydrogen-bond acceptors (Lipinski definition) is 3. The molecular formula is C16H20BrN3. The van der Waals surface area contributed by atoms with Gasteiger partial charge in [-0.25, -0.2) is 0 Å². The van der Waals surface area contributed by atoms with Gasteiger partial charge in [-0.05, 0) is 43.3 Å². The second kappa shape index (κ2) is 6.86. The van der Waals surface area contributed by atoms with Crippen LogP contribution in [0.2, 0.25) is 0 Å². The molecule has 20 heavy (non-hydrogen) atoms. The lowest BCUT2D eigenvalue weighted by atomic mass is 10.1. The largest absolute Gasteiger partial charge is 0.398 e. The van der Waals surface area contributed by atoms with Crippen LogP contribution in [0.1, 0.15) is 23.9 Å². The maximum absolute atomic E-state index is 6.07. The Bertz CT molecular complexity index is 584. The van der Waals surface area contributed by atoms with Gasteiger partial charge in [-0.1, -0.05) is 35.0 Å². The highest BCUT2D eigenvalue weighted by Gasteiger charge is 2.08. The van der Waals surface area contributed by atoms with Crippen molar-refractivity contribution in [2.45, 2.75) is 26.9 Å². The Labute approximate surface area is 129 Å². The summed E-state index contributed by atoms with van der Waals surface area (Å²) in [7, 11) is 0. The van der Waals surface area contributed by atoms with Gasteiger partial charge in [-0.3, -0.25) is 9.88 Å². The molecule has 1 aromatic heterocycles. The van der Waals surface area contributed by atoms with E-state index in [1.807, 2.05) is 25.1 Å². The fourth-order valence-electron chi connectivity index (χ4n) is 2.15. The van der Waals surface area contributed by atoms with Gasteiger partial charge in [0.1, 0.15) is 0 Å². The Balaban J connectivity index is 2.09. The minimum atomic E-state index is 0.829. The molecule has 0 unspecified atom stereocenters. The van der Waals surface area contributed by atoms with E-state index in [1.54, 1.807) is 0 Å². The minimum Gasteiger partial charge on any atom is -0.398 e. The van der Waals surface area contributed by atoms with Gasteiger partial charge >= 0.3 is 0 Å². The van der Waals surface area contributed by atoms with Gasteiger partial charge in [0.2, 0.25) is 0 Å². The lowest BCUT2D eigenvalue weighted by molar-refractivity contribution is 0.268. The number of halogens is 1. The van der Waals surface area contributed by atoms with Crippen molar-refractivity contribution in [3.05, 3.63) is 57.8 Å². The third kappa shape index (κ3) is 4.05. The summed E-state index contributed by atoms with van der Waals surface area (Å²) in [6, 6.07) is 12.2. The first-order valence-corrected chi connectivity index (χ1v) is 7.56. The van der Waals surface area contributed by atoms with Crippen molar-refractivity contribution in [3.8, 4) is 0 Å². The quantitative estimate of drug-likeness (QED) is 0.847. The lowest BCUT2D eigenvalue weighted by Gasteiger charge is -2.21. The molecule has 2 rings (SSSR count). The van der Waals surface area contributed by atoms with Gasteiger partial charge in [0.15, 0.2) is 0 Å². The molecule has 0 aliphatic carbocycles. The molecule has 4 heteroatoms. The highest BCUT2D eigenvalue weighted by atomic mass is 79.9. The molecule has 0 saturated carbocycles. The smallest absolute Gasteiger partial charge is 0.0547 e. The van der Waals surface area contributed by atoms with Gasteiger partial charge in [-0.2, -0.15) is 0 Å². The van der Waals surface area contributed by atoms with Crippen molar-refractivity contribution >= 4 is 21.6 Å². The van der Waals surface area contributed by atoms with Crippen molar-refractivity contribution in [1.29, 1.82) is 0 Å². The summed E-state index contributed by atoms with van der Waals surface area (Å²) in [6.07, 6.45) is 0. The van der Waals surface area contributed by atoms with Gasteiger partial charge in [-0.15, -0.1) is 0 Å². The number of aryl methyl sites for hydroxylation is 1. The fraction of sp³-hybridized carbons (Fsp3) is 0.312. The van der Waals surface area contributed by atoms with E-state index in [1.165, 1.54) is 0 Å². The third-order valence-electron chi connectivity index (χ3n) is 3.28. The first-order valence-electron chi connectivity index (χ1n) is 6.77. The number of hydrogen-bond donors (Lipinski definition) is 1. The van der Waals surface area contributed by atoms with E-state index in [4.69, 9.17) is 5.73 Å². The maximum Gasteiger partial charge on any atom is 0.0547 e. The summed E-state index contributed by atoms with van der Waals surface area (Å²) in [5.41, 5.74) is 10.2. The molecule has 1 aromatic carbocycles. The molecule has 2 aromatic rings. The molecule has 0 aliphatic heterocycles. The Hall–Kier alpha value is -1.39. The zero-order valence-corrected chi connectivity index (χ0v) is 13.5. The third-order valence-corrected chi connectivity index (χ3v) is 3.77. The average molecular weight is 334 g/mol. The fourth-order valence-corrected chi connectivity index (χ4v) is 2.53. The monoisotopic (exact) mass is 333 g/mol. The molecule has 0 fully saturated rings. The van der Waals surface area contributed by atoms with Crippen molar-refractivity contribution in [2.24, 2.45) is 0 Å². The first kappa shape index (κ1) is 15.0. The molecule has 0 spiro atoms. The molecule has 3 nitrogen and oxygen atoms in total. The molecule has 0 bridgehead atoms. The highest BCUT2D eigenvalue weighted by Crippen LogP contribution is 2.20. The topological polar surface area (TPSA) is 42.2 Å². The summed E-state index contributed by atoms with van der Waals surface area (Å²) in [6.45, 7) is 6.82. The van der Waals surface area contributed by atoms with E-state index >= 15 is 0 Å². The second-order valence-electron chi connectivity index (χ2n) is 4.92. The highest BCUT2D eigenvalue weighted by molar-refractivity contribution is 9.10. The SMILES string of the molecule is CCN(Cc1cccc(C)n1)Cc1ccc(Br)cc1N. The standard InChI is InChI=1S/C16H20BrN3/c1-3-20(11-15-6-4-5-12(2)19-15)10-13-7-8-14(17)9-16(13)18/h4-9H,3,10-11,18H2,1-2H3. The van der Waals surface area contributed by atoms with Gasteiger partial charge in [0.05, 0.1) is 5.69 Å². The molecule has 0 saturated heterocycles. The molecule has 0 amide bonds. The van der Waals surface area contributed by atoms with Crippen LogP contribution in [0.15, 0.2) is 40.9 Å². The number of nitrogen functional groups attached to an aromatic ring is 1. The van der Waals surface area contributed by atoms with Crippen LogP contribution < -0.4 is 5.73 Å². The van der Waals surface area contributed by atoms with E-state index in [9.17, 15) is 0 Å². The van der Waals surface area contributed by atoms with Crippen LogP contribution in [-0.4, -0.2) is 16.4 Å². The predicted octanol–water partition coefficient (Wildman–Crippen LogP) is 3.76. The Morgan fingerprint density at radius 1 is 1.20 bits per heavy atom. The number of anilines is 1. The number of aromatic nitrogens is 1. The zero-order valence-electron chi connectivity index (χ0n) is 11.9. The minimum absolute atomic E-state index is 0.829. The van der Waals surface area contributed by atoms with E-state index in [-0.39, 0.29) is 0 Å². The number of nitrogens with two attached hydrogens (primary N) is 1. The first-order chi connectivity index (χ1) is 9.58. The molecule has 0 atom stereocenters. The molecule has 0 radical (unpaired) electrons. The van der Waals surface area contributed by atoms with Crippen molar-refractivity contribution in [2.75, 3.05) is 12.3 Å². The van der Waals surface area contributed by atoms with Crippen molar-refractivity contribution in [1.82, 2.24) is 9.88 Å². The van der Waals surface area contributed by atoms with E-state index in [0.717, 1.165) is 46.7 Å². The Morgan fingerprint density at radius 3 is 2.65 bits per heavy atom. The lowest BCUT2D eigenvalue weighted by Crippen LogP contribution is -2.23. The van der Waals surface area contributed by atoms with Gasteiger partial charge in [0.25, 0.3) is 0 Å². The maximum atomic E-state index is 6.07. The van der Waals surface area contributed by atoms with Crippen LogP contribution in [-0.2, 0) is 13.1 Å². The van der Waals surface area contributed by atoms with E-state index < -0.39 is 0 Å². The summed E-state index contributed by atoms with van der Waals surface area (Å²) in [4.78, 5) is 6.89. The number of benzene rings is 1. The number of pyridine rings is 1. The normalized spacial score (nSPS) is 11.0. The molecule has 1 heterocycles. The van der Waals surface area contributed by atoms with Crippen molar-refractivity contribution in [3.63, 3.8) is 0 Å². The van der Waals surface area contributed by atoms with Gasteiger partial charge < -0.3 is 5.73 Å². The van der Waals surface area contributed by atoms with Crippen LogP contribution in [0, 0.1) is 6.92 Å². The van der Waals surface area contributed by atoms with E-state index in [2.05, 4.69) is 50.9 Å². The summed E-state index contributed by atoms with van der Waals surface area (Å²) < 4.78 is 1.02. The molecule has 106 valence electrons. The average Bonchev–Trinajstić information content (AvgIpc) is 2.41. The number of rotatable bonds is 5. The molecular weight excluding hydrogens is 314 g/mol. The van der Waals surface area contributed by atoms with Crippen molar-refractivity contribution < 1.29 is 0 Å². The van der Waals surface area contributed by atoms with Crippen LogP contribution in [0.25, 0.3) is 0 Å². The molecule has 0 aliphatic rings. The van der Waals surface area contributed by atoms with Crippen LogP contribution >= 0.6 is 15.9 Å². The van der Waals surface area contributed by atoms with E-state index in [0.29, 0.717) is 0 Å².